The van der Waals surface area contributed by atoms with E-state index >= 15 is 0 Å². The Hall–Kier alpha value is -0.0551. The molecule has 0 aromatic carbocycles. The van der Waals surface area contributed by atoms with Crippen molar-refractivity contribution in [2.75, 3.05) is 0 Å². The maximum Gasteiger partial charge on any atom is 0.457 e. The van der Waals surface area contributed by atoms with E-state index in [1.807, 2.05) is 6.92 Å². The molecule has 0 aromatic heterocycles. The van der Waals surface area contributed by atoms with Crippen LogP contribution in [0.25, 0.3) is 0 Å². The van der Waals surface area contributed by atoms with Crippen LogP contribution in [0.3, 0.4) is 0 Å². The molecule has 0 unspecified atom stereocenters. The van der Waals surface area contributed by atoms with E-state index in [9.17, 15) is 0 Å². The zero-order chi connectivity index (χ0) is 7.07. The van der Waals surface area contributed by atoms with Gasteiger partial charge in [0.2, 0.25) is 0 Å². The van der Waals surface area contributed by atoms with Crippen molar-refractivity contribution in [2.24, 2.45) is 5.73 Å². The summed E-state index contributed by atoms with van der Waals surface area (Å²) in [5.74, 6) is 0. The van der Waals surface area contributed by atoms with Gasteiger partial charge in [-0.3, -0.25) is 0 Å². The van der Waals surface area contributed by atoms with Gasteiger partial charge < -0.3 is 15.8 Å². The van der Waals surface area contributed by atoms with Gasteiger partial charge in [-0.05, 0) is 12.8 Å². The van der Waals surface area contributed by atoms with Crippen molar-refractivity contribution in [3.05, 3.63) is 0 Å². The van der Waals surface area contributed by atoms with E-state index in [1.165, 1.54) is 0 Å². The highest BCUT2D eigenvalue weighted by Gasteiger charge is 2.47. The molecule has 1 saturated carbocycles. The fourth-order valence-electron chi connectivity index (χ4n) is 1.35. The Morgan fingerprint density at radius 1 is 1.56 bits per heavy atom. The average Bonchev–Trinajstić information content (AvgIpc) is 1.62. The topological polar surface area (TPSA) is 66.5 Å². The summed E-state index contributed by atoms with van der Waals surface area (Å²) in [4.78, 5) is 0. The maximum atomic E-state index is 8.75. The first-order valence-corrected chi connectivity index (χ1v) is 3.16. The second-order valence-electron chi connectivity index (χ2n) is 3.20. The van der Waals surface area contributed by atoms with Gasteiger partial charge in [-0.2, -0.15) is 0 Å². The van der Waals surface area contributed by atoms with Crippen LogP contribution >= 0.6 is 0 Å². The SMILES string of the molecule is CC1(B(O)O)CC(N)C1. The van der Waals surface area contributed by atoms with Crippen molar-refractivity contribution in [2.45, 2.75) is 31.1 Å². The smallest absolute Gasteiger partial charge is 0.427 e. The normalized spacial score (nSPS) is 42.0. The third-order valence-corrected chi connectivity index (χ3v) is 2.08. The fraction of sp³-hybridized carbons (Fsp3) is 1.00. The summed E-state index contributed by atoms with van der Waals surface area (Å²) in [6.07, 6.45) is 1.45. The molecule has 0 aliphatic heterocycles. The number of hydrogen-bond acceptors (Lipinski definition) is 3. The van der Waals surface area contributed by atoms with Crippen molar-refractivity contribution in [1.29, 1.82) is 0 Å². The van der Waals surface area contributed by atoms with Crippen LogP contribution in [-0.2, 0) is 0 Å². The molecule has 4 heteroatoms. The summed E-state index contributed by atoms with van der Waals surface area (Å²) in [6.45, 7) is 1.83. The summed E-state index contributed by atoms with van der Waals surface area (Å²) in [7, 11) is -1.20. The Bertz CT molecular complexity index is 112. The third-order valence-electron chi connectivity index (χ3n) is 2.08. The van der Waals surface area contributed by atoms with Crippen LogP contribution in [0.1, 0.15) is 19.8 Å². The van der Waals surface area contributed by atoms with Gasteiger partial charge >= 0.3 is 7.12 Å². The molecule has 0 amide bonds. The number of rotatable bonds is 1. The molecule has 52 valence electrons. The van der Waals surface area contributed by atoms with Crippen LogP contribution in [0.2, 0.25) is 5.31 Å². The van der Waals surface area contributed by atoms with Crippen molar-refractivity contribution < 1.29 is 10.0 Å². The van der Waals surface area contributed by atoms with E-state index in [0.717, 1.165) is 12.8 Å². The molecule has 0 aromatic rings. The van der Waals surface area contributed by atoms with Crippen molar-refractivity contribution in [3.8, 4) is 0 Å². The Kier molecular flexibility index (Phi) is 1.55. The Balaban J connectivity index is 2.40. The second kappa shape index (κ2) is 1.97. The van der Waals surface area contributed by atoms with Gasteiger partial charge in [0.1, 0.15) is 0 Å². The molecule has 0 radical (unpaired) electrons. The molecule has 0 atom stereocenters. The quantitative estimate of drug-likeness (QED) is 0.411. The van der Waals surface area contributed by atoms with Crippen LogP contribution in [0.15, 0.2) is 0 Å². The highest BCUT2D eigenvalue weighted by atomic mass is 16.4. The summed E-state index contributed by atoms with van der Waals surface area (Å²) in [6, 6.07) is 0.178. The van der Waals surface area contributed by atoms with Gasteiger partial charge in [-0.1, -0.05) is 6.92 Å². The molecule has 1 fully saturated rings. The third kappa shape index (κ3) is 1.10. The van der Waals surface area contributed by atoms with E-state index in [2.05, 4.69) is 0 Å². The van der Waals surface area contributed by atoms with E-state index in [-0.39, 0.29) is 11.4 Å². The molecular formula is C5H12BNO2. The predicted molar refractivity (Wildman–Crippen MR) is 35.8 cm³/mol. The molecule has 0 bridgehead atoms. The van der Waals surface area contributed by atoms with E-state index in [4.69, 9.17) is 15.8 Å². The zero-order valence-corrected chi connectivity index (χ0v) is 5.54. The minimum absolute atomic E-state index is 0.178. The van der Waals surface area contributed by atoms with Crippen LogP contribution in [0, 0.1) is 0 Å². The minimum atomic E-state index is -1.20. The molecule has 0 saturated heterocycles. The van der Waals surface area contributed by atoms with Gasteiger partial charge in [0.15, 0.2) is 0 Å². The first-order valence-electron chi connectivity index (χ1n) is 3.16. The molecule has 0 spiro atoms. The first kappa shape index (κ1) is 7.06. The van der Waals surface area contributed by atoms with Gasteiger partial charge in [0.05, 0.1) is 0 Å². The molecule has 1 rings (SSSR count). The summed E-state index contributed by atoms with van der Waals surface area (Å²) in [5, 5.41) is 17.2. The summed E-state index contributed by atoms with van der Waals surface area (Å²) in [5.41, 5.74) is 5.47. The monoisotopic (exact) mass is 129 g/mol. The van der Waals surface area contributed by atoms with E-state index < -0.39 is 7.12 Å². The highest BCUT2D eigenvalue weighted by Crippen LogP contribution is 2.47. The van der Waals surface area contributed by atoms with Crippen LogP contribution < -0.4 is 5.73 Å². The van der Waals surface area contributed by atoms with Crippen LogP contribution in [0.5, 0.6) is 0 Å². The largest absolute Gasteiger partial charge is 0.457 e. The fourth-order valence-corrected chi connectivity index (χ4v) is 1.35. The minimum Gasteiger partial charge on any atom is -0.427 e. The van der Waals surface area contributed by atoms with Crippen molar-refractivity contribution in [1.82, 2.24) is 0 Å². The molecule has 1 aliphatic rings. The molecule has 9 heavy (non-hydrogen) atoms. The lowest BCUT2D eigenvalue weighted by atomic mass is 9.47. The molecule has 3 nitrogen and oxygen atoms in total. The van der Waals surface area contributed by atoms with Crippen LogP contribution in [-0.4, -0.2) is 23.2 Å². The molecule has 0 heterocycles. The Labute approximate surface area is 55.0 Å². The standard InChI is InChI=1S/C5H12BNO2/c1-5(6(8)9)2-4(7)3-5/h4,8-9H,2-3,7H2,1H3. The van der Waals surface area contributed by atoms with E-state index in [1.54, 1.807) is 0 Å². The number of hydrogen-bond donors (Lipinski definition) is 3. The maximum absolute atomic E-state index is 8.75. The second-order valence-corrected chi connectivity index (χ2v) is 3.20. The van der Waals surface area contributed by atoms with Crippen molar-refractivity contribution >= 4 is 7.12 Å². The van der Waals surface area contributed by atoms with Gasteiger partial charge in [0, 0.05) is 11.4 Å². The Morgan fingerprint density at radius 3 is 2.11 bits per heavy atom. The van der Waals surface area contributed by atoms with Gasteiger partial charge in [-0.15, -0.1) is 0 Å². The molecule has 4 N–H and O–H groups in total. The lowest BCUT2D eigenvalue weighted by molar-refractivity contribution is 0.230. The lowest BCUT2D eigenvalue weighted by Gasteiger charge is -2.42. The van der Waals surface area contributed by atoms with Crippen LogP contribution in [0.4, 0.5) is 0 Å². The predicted octanol–water partition coefficient (Wildman–Crippen LogP) is -0.659. The van der Waals surface area contributed by atoms with Crippen molar-refractivity contribution in [3.63, 3.8) is 0 Å². The average molecular weight is 129 g/mol. The van der Waals surface area contributed by atoms with Gasteiger partial charge in [0.25, 0.3) is 0 Å². The zero-order valence-electron chi connectivity index (χ0n) is 5.54. The van der Waals surface area contributed by atoms with Gasteiger partial charge in [-0.25, -0.2) is 0 Å². The summed E-state index contributed by atoms with van der Waals surface area (Å²) < 4.78 is 0. The Morgan fingerprint density at radius 2 is 2.00 bits per heavy atom. The first-order chi connectivity index (χ1) is 4.04. The summed E-state index contributed by atoms with van der Waals surface area (Å²) >= 11 is 0. The molecular weight excluding hydrogens is 117 g/mol. The van der Waals surface area contributed by atoms with E-state index in [0.29, 0.717) is 0 Å². The molecule has 1 aliphatic carbocycles. The lowest BCUT2D eigenvalue weighted by Crippen LogP contribution is -2.48. The number of nitrogens with two attached hydrogens (primary N) is 1. The highest BCUT2D eigenvalue weighted by molar-refractivity contribution is 6.45.